The van der Waals surface area contributed by atoms with E-state index in [9.17, 15) is 18.8 Å². The van der Waals surface area contributed by atoms with E-state index in [2.05, 4.69) is 12.2 Å². The summed E-state index contributed by atoms with van der Waals surface area (Å²) in [6.45, 7) is 1.70. The van der Waals surface area contributed by atoms with Gasteiger partial charge in [0.2, 0.25) is 0 Å². The maximum absolute atomic E-state index is 13.6. The molecule has 0 unspecified atom stereocenters. The van der Waals surface area contributed by atoms with Crippen molar-refractivity contribution in [2.75, 3.05) is 26.9 Å². The van der Waals surface area contributed by atoms with Gasteiger partial charge in [-0.15, -0.1) is 0 Å². The van der Waals surface area contributed by atoms with E-state index >= 15 is 0 Å². The Morgan fingerprint density at radius 2 is 1.73 bits per heavy atom. The van der Waals surface area contributed by atoms with Crippen LogP contribution in [0.1, 0.15) is 40.5 Å². The Morgan fingerprint density at radius 1 is 1.03 bits per heavy atom. The van der Waals surface area contributed by atoms with Crippen molar-refractivity contribution in [1.82, 2.24) is 5.32 Å². The highest BCUT2D eigenvalue weighted by atomic mass is 19.1. The molecule has 0 saturated heterocycles. The van der Waals surface area contributed by atoms with Crippen molar-refractivity contribution >= 4 is 17.7 Å². The van der Waals surface area contributed by atoms with Gasteiger partial charge in [0.05, 0.1) is 13.7 Å². The van der Waals surface area contributed by atoms with Crippen LogP contribution in [0, 0.1) is 5.82 Å². The molecule has 1 amide bonds. The number of carbonyl (C=O) groups excluding carboxylic acids is 3. The number of hydrogen-bond acceptors (Lipinski definition) is 6. The third kappa shape index (κ3) is 6.88. The number of nitrogens with one attached hydrogen (secondary N) is 1. The average Bonchev–Trinajstić information content (AvgIpc) is 2.76. The number of Topliss-reactive ketones (excluding diaryl/α,β-unsaturated/α-hetero) is 1. The lowest BCUT2D eigenvalue weighted by Crippen LogP contribution is -2.31. The molecule has 1 N–H and O–H groups in total. The Hall–Kier alpha value is -3.42. The molecule has 7 nitrogen and oxygen atoms in total. The van der Waals surface area contributed by atoms with E-state index in [0.717, 1.165) is 18.9 Å². The van der Waals surface area contributed by atoms with Gasteiger partial charge in [-0.2, -0.15) is 0 Å². The van der Waals surface area contributed by atoms with E-state index < -0.39 is 36.6 Å². The first-order chi connectivity index (χ1) is 14.4. The number of rotatable bonds is 11. The van der Waals surface area contributed by atoms with Crippen molar-refractivity contribution in [3.63, 3.8) is 0 Å². The molecule has 2 aromatic carbocycles. The summed E-state index contributed by atoms with van der Waals surface area (Å²) in [7, 11) is 1.31. The van der Waals surface area contributed by atoms with Gasteiger partial charge in [0.1, 0.15) is 12.3 Å². The van der Waals surface area contributed by atoms with Crippen LogP contribution in [0.2, 0.25) is 0 Å². The van der Waals surface area contributed by atoms with Gasteiger partial charge in [-0.1, -0.05) is 13.3 Å². The Labute approximate surface area is 174 Å². The van der Waals surface area contributed by atoms with Crippen LogP contribution in [0.25, 0.3) is 0 Å². The lowest BCUT2D eigenvalue weighted by Gasteiger charge is -2.08. The fraction of sp³-hybridized carbons (Fsp3) is 0.318. The van der Waals surface area contributed by atoms with Crippen molar-refractivity contribution in [3.8, 4) is 11.5 Å². The lowest BCUT2D eigenvalue weighted by atomic mass is 10.1. The minimum absolute atomic E-state index is 0.00631. The highest BCUT2D eigenvalue weighted by Crippen LogP contribution is 2.18. The molecule has 0 heterocycles. The first-order valence-corrected chi connectivity index (χ1v) is 9.48. The SMILES string of the molecule is CCCCOc1ccc(C(=O)NCC(=O)OCC(=O)c2ccc(OC)c(F)c2)cc1. The minimum Gasteiger partial charge on any atom is -0.494 e. The molecular weight excluding hydrogens is 393 g/mol. The number of unbranched alkanes of at least 4 members (excludes halogenated alkanes) is 1. The molecule has 0 aromatic heterocycles. The second-order valence-electron chi connectivity index (χ2n) is 6.34. The van der Waals surface area contributed by atoms with Crippen LogP contribution in [0.3, 0.4) is 0 Å². The predicted octanol–water partition coefficient (Wildman–Crippen LogP) is 3.17. The quantitative estimate of drug-likeness (QED) is 0.343. The molecule has 2 aromatic rings. The van der Waals surface area contributed by atoms with E-state index in [0.29, 0.717) is 17.9 Å². The van der Waals surface area contributed by atoms with Gasteiger partial charge in [0.25, 0.3) is 5.91 Å². The maximum Gasteiger partial charge on any atom is 0.325 e. The summed E-state index contributed by atoms with van der Waals surface area (Å²) >= 11 is 0. The van der Waals surface area contributed by atoms with Gasteiger partial charge >= 0.3 is 5.97 Å². The summed E-state index contributed by atoms with van der Waals surface area (Å²) in [6, 6.07) is 10.2. The van der Waals surface area contributed by atoms with Crippen LogP contribution < -0.4 is 14.8 Å². The van der Waals surface area contributed by atoms with E-state index in [1.807, 2.05) is 0 Å². The first-order valence-electron chi connectivity index (χ1n) is 9.48. The number of methoxy groups -OCH3 is 1. The molecule has 30 heavy (non-hydrogen) atoms. The first kappa shape index (κ1) is 22.9. The van der Waals surface area contributed by atoms with Crippen LogP contribution in [-0.4, -0.2) is 44.5 Å². The molecule has 8 heteroatoms. The lowest BCUT2D eigenvalue weighted by molar-refractivity contribution is -0.141. The second-order valence-corrected chi connectivity index (χ2v) is 6.34. The minimum atomic E-state index is -0.787. The summed E-state index contributed by atoms with van der Waals surface area (Å²) in [5.74, 6) is -1.85. The predicted molar refractivity (Wildman–Crippen MR) is 107 cm³/mol. The summed E-state index contributed by atoms with van der Waals surface area (Å²) in [5.41, 5.74) is 0.404. The number of amides is 1. The van der Waals surface area contributed by atoms with Crippen molar-refractivity contribution in [3.05, 3.63) is 59.4 Å². The Bertz CT molecular complexity index is 882. The summed E-state index contributed by atoms with van der Waals surface area (Å²) in [6.07, 6.45) is 1.97. The number of esters is 1. The zero-order chi connectivity index (χ0) is 21.9. The van der Waals surface area contributed by atoms with Gasteiger partial charge in [-0.3, -0.25) is 14.4 Å². The van der Waals surface area contributed by atoms with Crippen LogP contribution in [-0.2, 0) is 9.53 Å². The van der Waals surface area contributed by atoms with Crippen LogP contribution in [0.4, 0.5) is 4.39 Å². The molecule has 0 fully saturated rings. The number of benzene rings is 2. The van der Waals surface area contributed by atoms with Crippen molar-refractivity contribution in [1.29, 1.82) is 0 Å². The standard InChI is InChI=1S/C22H24FNO6/c1-3-4-11-29-17-8-5-15(6-9-17)22(27)24-13-21(26)30-14-19(25)16-7-10-20(28-2)18(23)12-16/h5-10,12H,3-4,11,13-14H2,1-2H3,(H,24,27). The third-order valence-electron chi connectivity index (χ3n) is 4.11. The maximum atomic E-state index is 13.6. The molecule has 2 rings (SSSR count). The molecule has 0 saturated carbocycles. The van der Waals surface area contributed by atoms with Crippen molar-refractivity contribution in [2.24, 2.45) is 0 Å². The zero-order valence-electron chi connectivity index (χ0n) is 16.9. The highest BCUT2D eigenvalue weighted by molar-refractivity contribution is 5.99. The second kappa shape index (κ2) is 11.5. The highest BCUT2D eigenvalue weighted by Gasteiger charge is 2.14. The monoisotopic (exact) mass is 417 g/mol. The normalized spacial score (nSPS) is 10.2. The molecule has 0 aliphatic carbocycles. The van der Waals surface area contributed by atoms with Gasteiger partial charge in [-0.25, -0.2) is 4.39 Å². The zero-order valence-corrected chi connectivity index (χ0v) is 16.9. The van der Waals surface area contributed by atoms with Gasteiger partial charge in [0.15, 0.2) is 24.0 Å². The third-order valence-corrected chi connectivity index (χ3v) is 4.11. The Balaban J connectivity index is 1.76. The average molecular weight is 417 g/mol. The number of carbonyl (C=O) groups is 3. The van der Waals surface area contributed by atoms with Crippen molar-refractivity contribution < 1.29 is 33.0 Å². The summed E-state index contributed by atoms with van der Waals surface area (Å²) < 4.78 is 28.8. The molecule has 0 aliphatic rings. The Morgan fingerprint density at radius 3 is 2.37 bits per heavy atom. The fourth-order valence-electron chi connectivity index (χ4n) is 2.41. The van der Waals surface area contributed by atoms with E-state index in [1.54, 1.807) is 24.3 Å². The number of halogens is 1. The molecule has 0 bridgehead atoms. The molecule has 160 valence electrons. The van der Waals surface area contributed by atoms with Crippen LogP contribution >= 0.6 is 0 Å². The van der Waals surface area contributed by atoms with E-state index in [1.165, 1.54) is 19.2 Å². The molecule has 0 aliphatic heterocycles. The molecule has 0 spiro atoms. The van der Waals surface area contributed by atoms with Crippen LogP contribution in [0.15, 0.2) is 42.5 Å². The molecule has 0 atom stereocenters. The molecular formula is C22H24FNO6. The number of hydrogen-bond donors (Lipinski definition) is 1. The Kier molecular flexibility index (Phi) is 8.80. The van der Waals surface area contributed by atoms with Crippen molar-refractivity contribution in [2.45, 2.75) is 19.8 Å². The van der Waals surface area contributed by atoms with Gasteiger partial charge in [0, 0.05) is 11.1 Å². The largest absolute Gasteiger partial charge is 0.494 e. The molecule has 0 radical (unpaired) electrons. The van der Waals surface area contributed by atoms with Gasteiger partial charge < -0.3 is 19.5 Å². The van der Waals surface area contributed by atoms with E-state index in [4.69, 9.17) is 14.2 Å². The van der Waals surface area contributed by atoms with E-state index in [-0.39, 0.29) is 11.3 Å². The smallest absolute Gasteiger partial charge is 0.325 e. The van der Waals surface area contributed by atoms with Gasteiger partial charge in [-0.05, 0) is 48.9 Å². The van der Waals surface area contributed by atoms with Crippen LogP contribution in [0.5, 0.6) is 11.5 Å². The fourth-order valence-corrected chi connectivity index (χ4v) is 2.41. The summed E-state index contributed by atoms with van der Waals surface area (Å²) in [4.78, 5) is 35.9. The number of ketones is 1. The number of ether oxygens (including phenoxy) is 3. The topological polar surface area (TPSA) is 90.9 Å². The summed E-state index contributed by atoms with van der Waals surface area (Å²) in [5, 5.41) is 2.42.